The molecule has 1 amide bonds. The molecule has 1 atom stereocenters. The molecular formula is C22H28N2O3S. The summed E-state index contributed by atoms with van der Waals surface area (Å²) in [6, 6.07) is 16.2. The maximum absolute atomic E-state index is 12.7. The summed E-state index contributed by atoms with van der Waals surface area (Å²) in [5.41, 5.74) is 2.31. The van der Waals surface area contributed by atoms with Gasteiger partial charge < -0.3 is 4.90 Å². The minimum Gasteiger partial charge on any atom is -0.341 e. The Balaban J connectivity index is 1.53. The van der Waals surface area contributed by atoms with Crippen LogP contribution in [0.15, 0.2) is 59.5 Å². The molecule has 0 unspecified atom stereocenters. The van der Waals surface area contributed by atoms with E-state index in [4.69, 9.17) is 0 Å². The van der Waals surface area contributed by atoms with Crippen LogP contribution in [-0.4, -0.2) is 38.4 Å². The molecule has 28 heavy (non-hydrogen) atoms. The van der Waals surface area contributed by atoms with Gasteiger partial charge in [-0.05, 0) is 56.7 Å². The Labute approximate surface area is 167 Å². The summed E-state index contributed by atoms with van der Waals surface area (Å²) in [5, 5.41) is 0. The van der Waals surface area contributed by atoms with Gasteiger partial charge >= 0.3 is 0 Å². The Morgan fingerprint density at radius 3 is 2.29 bits per heavy atom. The van der Waals surface area contributed by atoms with Gasteiger partial charge in [-0.15, -0.1) is 0 Å². The van der Waals surface area contributed by atoms with Crippen LogP contribution >= 0.6 is 0 Å². The van der Waals surface area contributed by atoms with Gasteiger partial charge in [0.25, 0.3) is 0 Å². The minimum absolute atomic E-state index is 0.158. The number of rotatable bonds is 6. The fourth-order valence-electron chi connectivity index (χ4n) is 3.65. The van der Waals surface area contributed by atoms with Crippen LogP contribution in [0.4, 0.5) is 0 Å². The summed E-state index contributed by atoms with van der Waals surface area (Å²) < 4.78 is 27.6. The van der Waals surface area contributed by atoms with Crippen LogP contribution in [0.5, 0.6) is 0 Å². The zero-order valence-corrected chi connectivity index (χ0v) is 17.3. The lowest BCUT2D eigenvalue weighted by molar-refractivity contribution is -0.133. The van der Waals surface area contributed by atoms with Crippen LogP contribution in [0.1, 0.15) is 30.9 Å². The monoisotopic (exact) mass is 400 g/mol. The quantitative estimate of drug-likeness (QED) is 0.810. The maximum Gasteiger partial charge on any atom is 0.241 e. The topological polar surface area (TPSA) is 66.5 Å². The normalized spacial score (nSPS) is 16.7. The summed E-state index contributed by atoms with van der Waals surface area (Å²) in [7, 11) is -3.71. The first kappa shape index (κ1) is 20.6. The summed E-state index contributed by atoms with van der Waals surface area (Å²) in [4.78, 5) is 14.7. The van der Waals surface area contributed by atoms with Crippen LogP contribution in [0, 0.1) is 12.8 Å². The third-order valence-electron chi connectivity index (χ3n) is 5.33. The second-order valence-corrected chi connectivity index (χ2v) is 9.33. The molecule has 1 N–H and O–H groups in total. The van der Waals surface area contributed by atoms with Gasteiger partial charge in [0, 0.05) is 13.1 Å². The molecule has 1 saturated heterocycles. The Morgan fingerprint density at radius 2 is 1.68 bits per heavy atom. The molecule has 150 valence electrons. The SMILES string of the molecule is Cc1ccc(S(=O)(=O)N[C@@H](C)C(=O)N2CCC(Cc3ccccc3)CC2)cc1. The van der Waals surface area contributed by atoms with Gasteiger partial charge in [-0.2, -0.15) is 4.72 Å². The number of hydrogen-bond acceptors (Lipinski definition) is 3. The first-order valence-corrected chi connectivity index (χ1v) is 11.2. The molecule has 1 aliphatic heterocycles. The smallest absolute Gasteiger partial charge is 0.241 e. The number of piperidine rings is 1. The number of hydrogen-bond donors (Lipinski definition) is 1. The van der Waals surface area contributed by atoms with Gasteiger partial charge in [-0.3, -0.25) is 4.79 Å². The first-order valence-electron chi connectivity index (χ1n) is 9.77. The van der Waals surface area contributed by atoms with E-state index in [1.165, 1.54) is 5.56 Å². The molecule has 0 aromatic heterocycles. The third kappa shape index (κ3) is 5.20. The van der Waals surface area contributed by atoms with Crippen molar-refractivity contribution in [3.8, 4) is 0 Å². The second-order valence-electron chi connectivity index (χ2n) is 7.61. The minimum atomic E-state index is -3.71. The number of benzene rings is 2. The highest BCUT2D eigenvalue weighted by Gasteiger charge is 2.29. The summed E-state index contributed by atoms with van der Waals surface area (Å²) >= 11 is 0. The zero-order valence-electron chi connectivity index (χ0n) is 16.5. The van der Waals surface area contributed by atoms with Gasteiger partial charge in [0.2, 0.25) is 15.9 Å². The van der Waals surface area contributed by atoms with E-state index < -0.39 is 16.1 Å². The Bertz CT molecular complexity index is 887. The number of nitrogens with zero attached hydrogens (tertiary/aromatic N) is 1. The number of carbonyl (C=O) groups is 1. The standard InChI is InChI=1S/C22H28N2O3S/c1-17-8-10-21(11-9-17)28(26,27)23-18(2)22(25)24-14-12-20(13-15-24)16-19-6-4-3-5-7-19/h3-11,18,20,23H,12-16H2,1-2H3/t18-/m0/s1. The van der Waals surface area contributed by atoms with Crippen LogP contribution in [-0.2, 0) is 21.2 Å². The highest BCUT2D eigenvalue weighted by atomic mass is 32.2. The average Bonchev–Trinajstić information content (AvgIpc) is 2.69. The van der Waals surface area contributed by atoms with Gasteiger partial charge in [0.15, 0.2) is 0 Å². The molecule has 1 fully saturated rings. The Hall–Kier alpha value is -2.18. The van der Waals surface area contributed by atoms with Crippen LogP contribution < -0.4 is 4.72 Å². The fourth-order valence-corrected chi connectivity index (χ4v) is 4.84. The molecule has 3 rings (SSSR count). The Morgan fingerprint density at radius 1 is 1.07 bits per heavy atom. The highest BCUT2D eigenvalue weighted by Crippen LogP contribution is 2.22. The fraction of sp³-hybridized carbons (Fsp3) is 0.409. The van der Waals surface area contributed by atoms with Crippen molar-refractivity contribution in [3.05, 3.63) is 65.7 Å². The lowest BCUT2D eigenvalue weighted by Gasteiger charge is -2.33. The van der Waals surface area contributed by atoms with E-state index in [2.05, 4.69) is 29.0 Å². The molecule has 1 aliphatic rings. The molecule has 0 bridgehead atoms. The summed E-state index contributed by atoms with van der Waals surface area (Å²) in [5.74, 6) is 0.403. The van der Waals surface area contributed by atoms with Crippen molar-refractivity contribution in [3.63, 3.8) is 0 Å². The lowest BCUT2D eigenvalue weighted by atomic mass is 9.90. The number of amides is 1. The second kappa shape index (κ2) is 8.88. The molecule has 0 aliphatic carbocycles. The van der Waals surface area contributed by atoms with Gasteiger partial charge in [-0.25, -0.2) is 8.42 Å². The number of likely N-dealkylation sites (tertiary alicyclic amines) is 1. The van der Waals surface area contributed by atoms with Crippen molar-refractivity contribution < 1.29 is 13.2 Å². The third-order valence-corrected chi connectivity index (χ3v) is 6.88. The van der Waals surface area contributed by atoms with E-state index in [1.807, 2.05) is 13.0 Å². The zero-order chi connectivity index (χ0) is 20.1. The number of carbonyl (C=O) groups excluding carboxylic acids is 1. The number of nitrogens with one attached hydrogen (secondary N) is 1. The van der Waals surface area contributed by atoms with E-state index in [0.29, 0.717) is 19.0 Å². The predicted molar refractivity (Wildman–Crippen MR) is 110 cm³/mol. The van der Waals surface area contributed by atoms with E-state index in [-0.39, 0.29) is 10.8 Å². The van der Waals surface area contributed by atoms with E-state index in [9.17, 15) is 13.2 Å². The molecule has 0 radical (unpaired) electrons. The van der Waals surface area contributed by atoms with Crippen LogP contribution in [0.25, 0.3) is 0 Å². The van der Waals surface area contributed by atoms with E-state index >= 15 is 0 Å². The molecule has 6 heteroatoms. The number of aryl methyl sites for hydroxylation is 1. The van der Waals surface area contributed by atoms with Crippen molar-refractivity contribution in [2.24, 2.45) is 5.92 Å². The lowest BCUT2D eigenvalue weighted by Crippen LogP contribution is -2.49. The highest BCUT2D eigenvalue weighted by molar-refractivity contribution is 7.89. The molecule has 0 saturated carbocycles. The molecule has 2 aromatic rings. The van der Waals surface area contributed by atoms with Gasteiger partial charge in [0.1, 0.15) is 0 Å². The van der Waals surface area contributed by atoms with Crippen LogP contribution in [0.3, 0.4) is 0 Å². The van der Waals surface area contributed by atoms with Crippen molar-refractivity contribution >= 4 is 15.9 Å². The van der Waals surface area contributed by atoms with E-state index in [0.717, 1.165) is 24.8 Å². The summed E-state index contributed by atoms with van der Waals surface area (Å²) in [6.45, 7) is 4.86. The maximum atomic E-state index is 12.7. The first-order chi connectivity index (χ1) is 13.3. The van der Waals surface area contributed by atoms with Crippen molar-refractivity contribution in [2.75, 3.05) is 13.1 Å². The van der Waals surface area contributed by atoms with E-state index in [1.54, 1.807) is 36.1 Å². The summed E-state index contributed by atoms with van der Waals surface area (Å²) in [6.07, 6.45) is 2.91. The van der Waals surface area contributed by atoms with Gasteiger partial charge in [0.05, 0.1) is 10.9 Å². The predicted octanol–water partition coefficient (Wildman–Crippen LogP) is 3.14. The number of sulfonamides is 1. The van der Waals surface area contributed by atoms with Crippen molar-refractivity contribution in [1.29, 1.82) is 0 Å². The molecule has 1 heterocycles. The molecule has 2 aromatic carbocycles. The van der Waals surface area contributed by atoms with Gasteiger partial charge in [-0.1, -0.05) is 48.0 Å². The largest absolute Gasteiger partial charge is 0.341 e. The molecule has 0 spiro atoms. The van der Waals surface area contributed by atoms with Crippen molar-refractivity contribution in [1.82, 2.24) is 9.62 Å². The average molecular weight is 401 g/mol. The molecular weight excluding hydrogens is 372 g/mol. The van der Waals surface area contributed by atoms with Crippen molar-refractivity contribution in [2.45, 2.75) is 44.0 Å². The molecule has 5 nitrogen and oxygen atoms in total. The Kier molecular flexibility index (Phi) is 6.52. The van der Waals surface area contributed by atoms with Crippen LogP contribution in [0.2, 0.25) is 0 Å².